The molecule has 1 aromatic carbocycles. The first-order valence-electron chi connectivity index (χ1n) is 8.77. The summed E-state index contributed by atoms with van der Waals surface area (Å²) in [4.78, 5) is 13.6. The van der Waals surface area contributed by atoms with Gasteiger partial charge in [0.1, 0.15) is 0 Å². The number of carbonyl (C=O) groups is 1. The zero-order chi connectivity index (χ0) is 17.0. The van der Waals surface area contributed by atoms with Gasteiger partial charge in [0.05, 0.1) is 5.41 Å². The molecule has 0 N–H and O–H groups in total. The Balaban J connectivity index is 2.40. The van der Waals surface area contributed by atoms with Crippen molar-refractivity contribution in [2.75, 3.05) is 0 Å². The molecule has 1 aromatic rings. The van der Waals surface area contributed by atoms with Gasteiger partial charge in [0, 0.05) is 12.3 Å². The van der Waals surface area contributed by atoms with Crippen LogP contribution in [0.15, 0.2) is 54.1 Å². The summed E-state index contributed by atoms with van der Waals surface area (Å²) in [5, 5.41) is 0. The Morgan fingerprint density at radius 2 is 1.74 bits per heavy atom. The molecule has 0 aromatic heterocycles. The smallest absolute Gasteiger partial charge is 0.151 e. The minimum Gasteiger partial charge on any atom is -0.298 e. The van der Waals surface area contributed by atoms with Gasteiger partial charge >= 0.3 is 0 Å². The maximum Gasteiger partial charge on any atom is 0.151 e. The Morgan fingerprint density at radius 3 is 2.26 bits per heavy atom. The van der Waals surface area contributed by atoms with E-state index >= 15 is 0 Å². The van der Waals surface area contributed by atoms with Crippen LogP contribution in [0.2, 0.25) is 0 Å². The molecule has 1 heteroatoms. The Morgan fingerprint density at radius 1 is 1.09 bits per heavy atom. The van der Waals surface area contributed by atoms with E-state index in [0.29, 0.717) is 11.7 Å². The molecule has 2 atom stereocenters. The molecule has 1 nitrogen and oxygen atoms in total. The third-order valence-electron chi connectivity index (χ3n) is 5.04. The lowest BCUT2D eigenvalue weighted by atomic mass is 9.62. The summed E-state index contributed by atoms with van der Waals surface area (Å²) >= 11 is 0. The summed E-state index contributed by atoms with van der Waals surface area (Å²) in [6, 6.07) is 10.2. The first kappa shape index (κ1) is 17.7. The van der Waals surface area contributed by atoms with Gasteiger partial charge in [-0.1, -0.05) is 88.8 Å². The molecule has 0 bridgehead atoms. The molecule has 2 unspecified atom stereocenters. The van der Waals surface area contributed by atoms with Gasteiger partial charge in [0.15, 0.2) is 5.78 Å². The standard InChI is InChI=1S/C22H29O/c1-6-20(18-11-8-7-9-12-18)21(23)22(17(4)5)14-10-13-19(15-22)16(2)3/h7-17,20H,6H2,1-5H3. The number of ketones is 1. The number of hydrogen-bond acceptors (Lipinski definition) is 1. The van der Waals surface area contributed by atoms with Crippen molar-refractivity contribution in [3.05, 3.63) is 66.1 Å². The topological polar surface area (TPSA) is 17.1 Å². The number of Topliss-reactive ketones (excluding diaryl/α,β-unsaturated/α-hetero) is 1. The van der Waals surface area contributed by atoms with Crippen LogP contribution in [0.25, 0.3) is 0 Å². The van der Waals surface area contributed by atoms with E-state index in [1.165, 1.54) is 5.57 Å². The molecule has 0 spiro atoms. The van der Waals surface area contributed by atoms with Crippen molar-refractivity contribution in [2.45, 2.75) is 47.0 Å². The number of hydrogen-bond donors (Lipinski definition) is 0. The summed E-state index contributed by atoms with van der Waals surface area (Å²) in [6.07, 6.45) is 9.38. The molecular formula is C22H29O. The van der Waals surface area contributed by atoms with Crippen molar-refractivity contribution in [1.29, 1.82) is 0 Å². The lowest BCUT2D eigenvalue weighted by Crippen LogP contribution is -2.40. The molecular weight excluding hydrogens is 280 g/mol. The molecule has 1 aliphatic rings. The Labute approximate surface area is 141 Å². The molecule has 0 saturated carbocycles. The second kappa shape index (κ2) is 7.29. The van der Waals surface area contributed by atoms with Crippen molar-refractivity contribution >= 4 is 5.78 Å². The highest BCUT2D eigenvalue weighted by Gasteiger charge is 2.44. The Kier molecular flexibility index (Phi) is 5.62. The minimum absolute atomic E-state index is 0.0500. The highest BCUT2D eigenvalue weighted by molar-refractivity contribution is 5.95. The first-order valence-corrected chi connectivity index (χ1v) is 8.77. The quantitative estimate of drug-likeness (QED) is 0.654. The summed E-state index contributed by atoms with van der Waals surface area (Å²) in [5.74, 6) is 0.948. The Bertz CT molecular complexity index is 592. The van der Waals surface area contributed by atoms with E-state index < -0.39 is 5.41 Å². The van der Waals surface area contributed by atoms with Crippen LogP contribution in [0.5, 0.6) is 0 Å². The van der Waals surface area contributed by atoms with Crippen LogP contribution in [0.4, 0.5) is 0 Å². The van der Waals surface area contributed by atoms with E-state index in [0.717, 1.165) is 12.0 Å². The fourth-order valence-corrected chi connectivity index (χ4v) is 3.41. The molecule has 123 valence electrons. The average molecular weight is 309 g/mol. The molecule has 0 heterocycles. The molecule has 1 aliphatic carbocycles. The van der Waals surface area contributed by atoms with Crippen LogP contribution >= 0.6 is 0 Å². The third-order valence-corrected chi connectivity index (χ3v) is 5.04. The second-order valence-electron chi connectivity index (χ2n) is 7.15. The fraction of sp³-hybridized carbons (Fsp3) is 0.455. The summed E-state index contributed by atoms with van der Waals surface area (Å²) in [7, 11) is 0. The van der Waals surface area contributed by atoms with Crippen molar-refractivity contribution < 1.29 is 4.79 Å². The van der Waals surface area contributed by atoms with Gasteiger partial charge in [-0.2, -0.15) is 0 Å². The van der Waals surface area contributed by atoms with Crippen molar-refractivity contribution in [3.8, 4) is 0 Å². The Hall–Kier alpha value is -1.63. The van der Waals surface area contributed by atoms with Crippen LogP contribution in [-0.2, 0) is 4.79 Å². The van der Waals surface area contributed by atoms with Gasteiger partial charge in [-0.25, -0.2) is 0 Å². The number of carbonyl (C=O) groups excluding carboxylic acids is 1. The number of allylic oxidation sites excluding steroid dienone is 4. The fourth-order valence-electron chi connectivity index (χ4n) is 3.41. The van der Waals surface area contributed by atoms with E-state index in [-0.39, 0.29) is 11.8 Å². The average Bonchev–Trinajstić information content (AvgIpc) is 2.56. The largest absolute Gasteiger partial charge is 0.298 e. The second-order valence-corrected chi connectivity index (χ2v) is 7.15. The van der Waals surface area contributed by atoms with Crippen LogP contribution < -0.4 is 0 Å². The monoisotopic (exact) mass is 309 g/mol. The van der Waals surface area contributed by atoms with Gasteiger partial charge in [0.2, 0.25) is 0 Å². The van der Waals surface area contributed by atoms with Gasteiger partial charge in [-0.3, -0.25) is 4.79 Å². The maximum atomic E-state index is 13.6. The van der Waals surface area contributed by atoms with Crippen LogP contribution in [0.1, 0.15) is 52.5 Å². The van der Waals surface area contributed by atoms with Gasteiger partial charge in [0.25, 0.3) is 0 Å². The highest BCUT2D eigenvalue weighted by atomic mass is 16.1. The summed E-state index contributed by atoms with van der Waals surface area (Å²) < 4.78 is 0. The maximum absolute atomic E-state index is 13.6. The molecule has 0 fully saturated rings. The van der Waals surface area contributed by atoms with Crippen molar-refractivity contribution in [3.63, 3.8) is 0 Å². The summed E-state index contributed by atoms with van der Waals surface area (Å²) in [5.41, 5.74) is 1.89. The molecule has 23 heavy (non-hydrogen) atoms. The van der Waals surface area contributed by atoms with E-state index in [4.69, 9.17) is 0 Å². The molecule has 1 radical (unpaired) electrons. The van der Waals surface area contributed by atoms with E-state index in [2.05, 4.69) is 71.4 Å². The lowest BCUT2D eigenvalue weighted by molar-refractivity contribution is -0.128. The van der Waals surface area contributed by atoms with E-state index in [1.54, 1.807) is 0 Å². The highest BCUT2D eigenvalue weighted by Crippen LogP contribution is 2.44. The zero-order valence-electron chi connectivity index (χ0n) is 15.0. The van der Waals surface area contributed by atoms with Gasteiger partial charge in [-0.05, 0) is 23.8 Å². The SMILES string of the molecule is CCC(C(=O)C1(C(C)C)[CH]C(C(C)C)=CC=C1)c1ccccc1. The van der Waals surface area contributed by atoms with E-state index in [9.17, 15) is 4.79 Å². The van der Waals surface area contributed by atoms with Gasteiger partial charge in [-0.15, -0.1) is 0 Å². The van der Waals surface area contributed by atoms with Crippen molar-refractivity contribution in [1.82, 2.24) is 0 Å². The van der Waals surface area contributed by atoms with Crippen molar-refractivity contribution in [2.24, 2.45) is 17.3 Å². The summed E-state index contributed by atoms with van der Waals surface area (Å²) in [6.45, 7) is 10.8. The first-order chi connectivity index (χ1) is 10.9. The third kappa shape index (κ3) is 3.49. The van der Waals surface area contributed by atoms with Gasteiger partial charge < -0.3 is 0 Å². The zero-order valence-corrected chi connectivity index (χ0v) is 15.0. The molecule has 2 rings (SSSR count). The molecule has 0 saturated heterocycles. The van der Waals surface area contributed by atoms with Crippen LogP contribution in [-0.4, -0.2) is 5.78 Å². The molecule has 0 amide bonds. The minimum atomic E-state index is -0.495. The predicted molar refractivity (Wildman–Crippen MR) is 98.1 cm³/mol. The molecule has 0 aliphatic heterocycles. The number of benzene rings is 1. The van der Waals surface area contributed by atoms with Crippen LogP contribution in [0, 0.1) is 23.7 Å². The van der Waals surface area contributed by atoms with E-state index in [1.807, 2.05) is 18.2 Å². The van der Waals surface area contributed by atoms with Crippen LogP contribution in [0.3, 0.4) is 0 Å². The predicted octanol–water partition coefficient (Wildman–Crippen LogP) is 5.75. The normalized spacial score (nSPS) is 22.3. The lowest BCUT2D eigenvalue weighted by Gasteiger charge is -2.39. The number of rotatable bonds is 6.